The molecule has 0 aromatic rings. The zero-order chi connectivity index (χ0) is 17.7. The molecule has 0 amide bonds. The molecule has 0 fully saturated rings. The van der Waals surface area contributed by atoms with Gasteiger partial charge in [0, 0.05) is 0 Å². The third-order valence-corrected chi connectivity index (χ3v) is 4.72. The Kier molecular flexibility index (Phi) is 20.5. The molecule has 0 heterocycles. The van der Waals surface area contributed by atoms with Crippen LogP contribution >= 0.6 is 0 Å². The molecule has 0 aromatic heterocycles. The maximum Gasteiger partial charge on any atom is -0.00489 e. The van der Waals surface area contributed by atoms with E-state index in [1.165, 1.54) is 109 Å². The molecular weight excluding hydrogens is 290 g/mol. The largest absolute Gasteiger partial charge is 0.317 e. The average Bonchev–Trinajstić information content (AvgIpc) is 2.56. The van der Waals surface area contributed by atoms with E-state index in [4.69, 9.17) is 0 Å². The maximum atomic E-state index is 3.48. The first kappa shape index (κ1) is 23.7. The summed E-state index contributed by atoms with van der Waals surface area (Å²) in [6.45, 7) is 9.29. The van der Waals surface area contributed by atoms with Crippen LogP contribution in [0.4, 0.5) is 0 Å². The van der Waals surface area contributed by atoms with Crippen LogP contribution in [0.5, 0.6) is 0 Å². The van der Waals surface area contributed by atoms with Crippen LogP contribution in [-0.2, 0) is 0 Å². The highest BCUT2D eigenvalue weighted by Gasteiger charge is 1.94. The zero-order valence-corrected chi connectivity index (χ0v) is 17.3. The summed E-state index contributed by atoms with van der Waals surface area (Å²) in [6.07, 6.45) is 25.7. The second kappa shape index (κ2) is 20.7. The number of hydrogen-bond acceptors (Lipinski definition) is 1. The van der Waals surface area contributed by atoms with Crippen LogP contribution in [0, 0.1) is 5.92 Å². The molecule has 1 heteroatoms. The third kappa shape index (κ3) is 21.7. The Balaban J connectivity index is 3.06. The zero-order valence-electron chi connectivity index (χ0n) is 17.3. The van der Waals surface area contributed by atoms with Gasteiger partial charge in [-0.05, 0) is 57.5 Å². The Morgan fingerprint density at radius 1 is 0.625 bits per heavy atom. The molecule has 0 unspecified atom stereocenters. The SMILES string of the molecule is CCCNCCCCCCCC/C=C\CCCCCCCC(C)C. The molecule has 0 atom stereocenters. The summed E-state index contributed by atoms with van der Waals surface area (Å²) in [4.78, 5) is 0. The van der Waals surface area contributed by atoms with E-state index < -0.39 is 0 Å². The van der Waals surface area contributed by atoms with Gasteiger partial charge in [0.1, 0.15) is 0 Å². The van der Waals surface area contributed by atoms with Crippen molar-refractivity contribution >= 4 is 0 Å². The minimum absolute atomic E-state index is 0.885. The summed E-state index contributed by atoms with van der Waals surface area (Å²) in [5, 5.41) is 3.48. The molecule has 1 nitrogen and oxygen atoms in total. The first-order valence-corrected chi connectivity index (χ1v) is 11.1. The fourth-order valence-corrected chi connectivity index (χ4v) is 3.10. The first-order valence-electron chi connectivity index (χ1n) is 11.1. The number of nitrogens with one attached hydrogen (secondary N) is 1. The molecule has 0 rings (SSSR count). The van der Waals surface area contributed by atoms with Gasteiger partial charge in [0.2, 0.25) is 0 Å². The lowest BCUT2D eigenvalue weighted by atomic mass is 10.0. The van der Waals surface area contributed by atoms with Gasteiger partial charge >= 0.3 is 0 Å². The molecule has 1 N–H and O–H groups in total. The number of allylic oxidation sites excluding steroid dienone is 2. The average molecular weight is 338 g/mol. The van der Waals surface area contributed by atoms with Crippen molar-refractivity contribution in [2.45, 2.75) is 117 Å². The van der Waals surface area contributed by atoms with E-state index in [-0.39, 0.29) is 0 Å². The van der Waals surface area contributed by atoms with E-state index in [9.17, 15) is 0 Å². The quantitative estimate of drug-likeness (QED) is 0.188. The van der Waals surface area contributed by atoms with Crippen LogP contribution < -0.4 is 5.32 Å². The third-order valence-electron chi connectivity index (χ3n) is 4.72. The van der Waals surface area contributed by atoms with Crippen molar-refractivity contribution in [3.63, 3.8) is 0 Å². The fourth-order valence-electron chi connectivity index (χ4n) is 3.10. The smallest absolute Gasteiger partial charge is 0.00489 e. The Hall–Kier alpha value is -0.300. The van der Waals surface area contributed by atoms with Gasteiger partial charge in [-0.25, -0.2) is 0 Å². The van der Waals surface area contributed by atoms with Gasteiger partial charge in [0.15, 0.2) is 0 Å². The summed E-state index contributed by atoms with van der Waals surface area (Å²) in [7, 11) is 0. The van der Waals surface area contributed by atoms with Crippen molar-refractivity contribution < 1.29 is 0 Å². The van der Waals surface area contributed by atoms with Gasteiger partial charge in [-0.2, -0.15) is 0 Å². The lowest BCUT2D eigenvalue weighted by molar-refractivity contribution is 0.516. The minimum Gasteiger partial charge on any atom is -0.317 e. The monoisotopic (exact) mass is 337 g/mol. The van der Waals surface area contributed by atoms with Crippen molar-refractivity contribution in [2.24, 2.45) is 5.92 Å². The Morgan fingerprint density at radius 2 is 1.12 bits per heavy atom. The van der Waals surface area contributed by atoms with Crippen molar-refractivity contribution in [3.8, 4) is 0 Å². The first-order chi connectivity index (χ1) is 11.8. The van der Waals surface area contributed by atoms with E-state index in [1.807, 2.05) is 0 Å². The number of rotatable bonds is 19. The minimum atomic E-state index is 0.885. The second-order valence-electron chi connectivity index (χ2n) is 7.87. The molecule has 144 valence electrons. The predicted octanol–water partition coefficient (Wildman–Crippen LogP) is 7.66. The summed E-state index contributed by atoms with van der Waals surface area (Å²) in [5.74, 6) is 0.885. The maximum absolute atomic E-state index is 3.48. The predicted molar refractivity (Wildman–Crippen MR) is 112 cm³/mol. The summed E-state index contributed by atoms with van der Waals surface area (Å²) in [6, 6.07) is 0. The Labute approximate surface area is 154 Å². The Bertz CT molecular complexity index is 244. The molecule has 0 saturated carbocycles. The van der Waals surface area contributed by atoms with Crippen LogP contribution in [0.2, 0.25) is 0 Å². The molecule has 0 aliphatic heterocycles. The van der Waals surface area contributed by atoms with Crippen molar-refractivity contribution in [3.05, 3.63) is 12.2 Å². The lowest BCUT2D eigenvalue weighted by Crippen LogP contribution is -2.15. The van der Waals surface area contributed by atoms with Gasteiger partial charge in [-0.15, -0.1) is 0 Å². The van der Waals surface area contributed by atoms with Crippen molar-refractivity contribution in [2.75, 3.05) is 13.1 Å². The number of unbranched alkanes of at least 4 members (excludes halogenated alkanes) is 11. The van der Waals surface area contributed by atoms with Gasteiger partial charge in [-0.1, -0.05) is 90.7 Å². The molecular formula is C23H47N. The molecule has 0 aromatic carbocycles. The lowest BCUT2D eigenvalue weighted by Gasteiger charge is -2.03. The highest BCUT2D eigenvalue weighted by Crippen LogP contribution is 2.12. The van der Waals surface area contributed by atoms with E-state index in [0.29, 0.717) is 0 Å². The van der Waals surface area contributed by atoms with Crippen LogP contribution in [0.3, 0.4) is 0 Å². The van der Waals surface area contributed by atoms with E-state index >= 15 is 0 Å². The van der Waals surface area contributed by atoms with E-state index in [2.05, 4.69) is 38.2 Å². The van der Waals surface area contributed by atoms with E-state index in [1.54, 1.807) is 0 Å². The summed E-state index contributed by atoms with van der Waals surface area (Å²) < 4.78 is 0. The number of hydrogen-bond donors (Lipinski definition) is 1. The summed E-state index contributed by atoms with van der Waals surface area (Å²) in [5.41, 5.74) is 0. The normalized spacial score (nSPS) is 11.8. The standard InChI is InChI=1S/C23H47N/c1-4-21-24-22-19-17-15-13-11-9-7-5-6-8-10-12-14-16-18-20-23(2)3/h5-6,23-24H,4,7-22H2,1-3H3/b6-5-. The molecule has 0 aliphatic carbocycles. The molecule has 0 spiro atoms. The molecule has 24 heavy (non-hydrogen) atoms. The van der Waals surface area contributed by atoms with E-state index in [0.717, 1.165) is 5.92 Å². The fraction of sp³-hybridized carbons (Fsp3) is 0.913. The van der Waals surface area contributed by atoms with Gasteiger partial charge < -0.3 is 5.32 Å². The van der Waals surface area contributed by atoms with Gasteiger partial charge in [-0.3, -0.25) is 0 Å². The topological polar surface area (TPSA) is 12.0 Å². The van der Waals surface area contributed by atoms with Crippen LogP contribution in [-0.4, -0.2) is 13.1 Å². The highest BCUT2D eigenvalue weighted by atomic mass is 14.8. The van der Waals surface area contributed by atoms with Crippen LogP contribution in [0.25, 0.3) is 0 Å². The summed E-state index contributed by atoms with van der Waals surface area (Å²) >= 11 is 0. The van der Waals surface area contributed by atoms with Crippen LogP contribution in [0.15, 0.2) is 12.2 Å². The van der Waals surface area contributed by atoms with Crippen molar-refractivity contribution in [1.29, 1.82) is 0 Å². The molecule has 0 saturated heterocycles. The van der Waals surface area contributed by atoms with Gasteiger partial charge in [0.05, 0.1) is 0 Å². The van der Waals surface area contributed by atoms with Crippen LogP contribution in [0.1, 0.15) is 117 Å². The Morgan fingerprint density at radius 3 is 1.67 bits per heavy atom. The van der Waals surface area contributed by atoms with Crippen molar-refractivity contribution in [1.82, 2.24) is 5.32 Å². The van der Waals surface area contributed by atoms with Gasteiger partial charge in [0.25, 0.3) is 0 Å². The molecule has 0 aliphatic rings. The highest BCUT2D eigenvalue weighted by molar-refractivity contribution is 4.81. The second-order valence-corrected chi connectivity index (χ2v) is 7.87. The molecule has 0 radical (unpaired) electrons. The molecule has 0 bridgehead atoms.